The standard InChI is InChI=1S/C17H14N2O3/c1-22-17(21)14(15(20)11-7-3-2-4-8-11)16-18-12-9-5-6-10-13(12)19-16/h2-10,20H,1H3,(H,18,19)/b15-14+. The molecule has 0 saturated heterocycles. The lowest BCUT2D eigenvalue weighted by molar-refractivity contribution is -0.133. The molecule has 2 aromatic carbocycles. The lowest BCUT2D eigenvalue weighted by atomic mass is 10.1. The van der Waals surface area contributed by atoms with Crippen LogP contribution in [-0.4, -0.2) is 28.2 Å². The van der Waals surface area contributed by atoms with Gasteiger partial charge in [0.2, 0.25) is 0 Å². The van der Waals surface area contributed by atoms with Crippen molar-refractivity contribution >= 4 is 28.3 Å². The topological polar surface area (TPSA) is 75.2 Å². The van der Waals surface area contributed by atoms with Gasteiger partial charge in [0.25, 0.3) is 0 Å². The van der Waals surface area contributed by atoms with Crippen molar-refractivity contribution in [3.8, 4) is 0 Å². The Morgan fingerprint density at radius 3 is 2.45 bits per heavy atom. The predicted molar refractivity (Wildman–Crippen MR) is 84.0 cm³/mol. The third kappa shape index (κ3) is 2.44. The number of nitrogens with one attached hydrogen (secondary N) is 1. The van der Waals surface area contributed by atoms with Crippen LogP contribution in [0, 0.1) is 0 Å². The summed E-state index contributed by atoms with van der Waals surface area (Å²) >= 11 is 0. The van der Waals surface area contributed by atoms with E-state index in [9.17, 15) is 9.90 Å². The molecule has 110 valence electrons. The highest BCUT2D eigenvalue weighted by Gasteiger charge is 2.22. The molecule has 0 amide bonds. The summed E-state index contributed by atoms with van der Waals surface area (Å²) in [5, 5.41) is 10.5. The van der Waals surface area contributed by atoms with E-state index < -0.39 is 5.97 Å². The van der Waals surface area contributed by atoms with Gasteiger partial charge in [-0.15, -0.1) is 0 Å². The van der Waals surface area contributed by atoms with Gasteiger partial charge >= 0.3 is 5.97 Å². The lowest BCUT2D eigenvalue weighted by Gasteiger charge is -2.07. The molecule has 1 heterocycles. The molecule has 0 saturated carbocycles. The van der Waals surface area contributed by atoms with Crippen molar-refractivity contribution in [1.29, 1.82) is 0 Å². The zero-order valence-corrected chi connectivity index (χ0v) is 11.9. The fourth-order valence-corrected chi connectivity index (χ4v) is 2.22. The Bertz CT molecular complexity index is 817. The first-order chi connectivity index (χ1) is 10.7. The molecule has 2 N–H and O–H groups in total. The van der Waals surface area contributed by atoms with Gasteiger partial charge in [0.05, 0.1) is 18.1 Å². The second kappa shape index (κ2) is 5.73. The zero-order valence-electron chi connectivity index (χ0n) is 11.9. The van der Waals surface area contributed by atoms with Crippen LogP contribution >= 0.6 is 0 Å². The molecule has 0 aliphatic heterocycles. The van der Waals surface area contributed by atoms with E-state index in [-0.39, 0.29) is 17.2 Å². The maximum atomic E-state index is 12.1. The van der Waals surface area contributed by atoms with Crippen molar-refractivity contribution in [3.63, 3.8) is 0 Å². The smallest absolute Gasteiger partial charge is 0.345 e. The third-order valence-corrected chi connectivity index (χ3v) is 3.30. The number of H-pyrrole nitrogens is 1. The van der Waals surface area contributed by atoms with Crippen LogP contribution < -0.4 is 0 Å². The van der Waals surface area contributed by atoms with Crippen molar-refractivity contribution in [2.45, 2.75) is 0 Å². The highest BCUT2D eigenvalue weighted by atomic mass is 16.5. The van der Waals surface area contributed by atoms with Crippen LogP contribution in [0.2, 0.25) is 0 Å². The number of aliphatic hydroxyl groups is 1. The number of carbonyl (C=O) groups excluding carboxylic acids is 1. The van der Waals surface area contributed by atoms with Gasteiger partial charge in [0.15, 0.2) is 0 Å². The van der Waals surface area contributed by atoms with E-state index in [1.165, 1.54) is 7.11 Å². The number of para-hydroxylation sites is 2. The van der Waals surface area contributed by atoms with Gasteiger partial charge < -0.3 is 14.8 Å². The predicted octanol–water partition coefficient (Wildman–Crippen LogP) is 3.16. The van der Waals surface area contributed by atoms with Gasteiger partial charge in [0.1, 0.15) is 17.2 Å². The molecule has 0 fully saturated rings. The Hall–Kier alpha value is -3.08. The molecule has 0 aliphatic carbocycles. The first-order valence-electron chi connectivity index (χ1n) is 6.73. The molecule has 0 unspecified atom stereocenters. The minimum absolute atomic E-state index is 0.00454. The van der Waals surface area contributed by atoms with Gasteiger partial charge in [0, 0.05) is 5.56 Å². The maximum Gasteiger partial charge on any atom is 0.345 e. The highest BCUT2D eigenvalue weighted by molar-refractivity contribution is 6.22. The van der Waals surface area contributed by atoms with Gasteiger partial charge in [-0.1, -0.05) is 42.5 Å². The number of hydrogen-bond acceptors (Lipinski definition) is 4. The Balaban J connectivity index is 2.20. The van der Waals surface area contributed by atoms with E-state index in [1.54, 1.807) is 24.3 Å². The number of aliphatic hydroxyl groups excluding tert-OH is 1. The highest BCUT2D eigenvalue weighted by Crippen LogP contribution is 2.25. The summed E-state index contributed by atoms with van der Waals surface area (Å²) in [6, 6.07) is 16.2. The number of aromatic amines is 1. The molecule has 0 spiro atoms. The van der Waals surface area contributed by atoms with E-state index in [0.717, 1.165) is 5.52 Å². The average molecular weight is 294 g/mol. The SMILES string of the molecule is COC(=O)/C(=C(/O)c1ccccc1)c1nc2ccccc2[nH]1. The zero-order chi connectivity index (χ0) is 15.5. The Kier molecular flexibility index (Phi) is 3.62. The number of esters is 1. The second-order valence-corrected chi connectivity index (χ2v) is 4.68. The number of carbonyl (C=O) groups is 1. The van der Waals surface area contributed by atoms with Crippen molar-refractivity contribution in [2.75, 3.05) is 7.11 Å². The largest absolute Gasteiger partial charge is 0.506 e. The molecule has 0 aliphatic rings. The molecule has 1 aromatic heterocycles. The van der Waals surface area contributed by atoms with Gasteiger partial charge in [-0.3, -0.25) is 0 Å². The lowest BCUT2D eigenvalue weighted by Crippen LogP contribution is -2.08. The van der Waals surface area contributed by atoms with E-state index >= 15 is 0 Å². The maximum absolute atomic E-state index is 12.1. The number of fused-ring (bicyclic) bond motifs is 1. The first kappa shape index (κ1) is 13.9. The molecule has 0 atom stereocenters. The van der Waals surface area contributed by atoms with E-state index in [4.69, 9.17) is 4.74 Å². The molecule has 5 heteroatoms. The van der Waals surface area contributed by atoms with Crippen molar-refractivity contribution in [1.82, 2.24) is 9.97 Å². The van der Waals surface area contributed by atoms with Crippen molar-refractivity contribution < 1.29 is 14.6 Å². The number of rotatable bonds is 3. The summed E-state index contributed by atoms with van der Waals surface area (Å²) in [6.45, 7) is 0. The number of ether oxygens (including phenoxy) is 1. The fraction of sp³-hybridized carbons (Fsp3) is 0.0588. The number of methoxy groups -OCH3 is 1. The second-order valence-electron chi connectivity index (χ2n) is 4.68. The first-order valence-corrected chi connectivity index (χ1v) is 6.73. The van der Waals surface area contributed by atoms with Crippen LogP contribution in [0.1, 0.15) is 11.4 Å². The molecule has 5 nitrogen and oxygen atoms in total. The summed E-state index contributed by atoms with van der Waals surface area (Å²) in [6.07, 6.45) is 0. The molecule has 3 rings (SSSR count). The average Bonchev–Trinajstić information content (AvgIpc) is 2.99. The third-order valence-electron chi connectivity index (χ3n) is 3.30. The van der Waals surface area contributed by atoms with Crippen LogP contribution in [0.25, 0.3) is 22.4 Å². The summed E-state index contributed by atoms with van der Waals surface area (Å²) in [5.41, 5.74) is 2.01. The number of hydrogen-bond donors (Lipinski definition) is 2. The van der Waals surface area contributed by atoms with Crippen molar-refractivity contribution in [2.24, 2.45) is 0 Å². The Morgan fingerprint density at radius 2 is 1.77 bits per heavy atom. The summed E-state index contributed by atoms with van der Waals surface area (Å²) < 4.78 is 4.79. The normalized spacial score (nSPS) is 12.0. The summed E-state index contributed by atoms with van der Waals surface area (Å²) in [5.74, 6) is -0.554. The summed E-state index contributed by atoms with van der Waals surface area (Å²) in [4.78, 5) is 19.5. The molecule has 0 bridgehead atoms. The number of aromatic nitrogens is 2. The van der Waals surface area contributed by atoms with Crippen LogP contribution in [0.3, 0.4) is 0 Å². The van der Waals surface area contributed by atoms with E-state index in [1.807, 2.05) is 30.3 Å². The van der Waals surface area contributed by atoms with E-state index in [2.05, 4.69) is 9.97 Å². The van der Waals surface area contributed by atoms with Gasteiger partial charge in [-0.05, 0) is 12.1 Å². The molecular formula is C17H14N2O3. The number of imidazole rings is 1. The monoisotopic (exact) mass is 294 g/mol. The Morgan fingerprint density at radius 1 is 1.09 bits per heavy atom. The molecular weight excluding hydrogens is 280 g/mol. The van der Waals surface area contributed by atoms with Crippen LogP contribution in [0.4, 0.5) is 0 Å². The summed E-state index contributed by atoms with van der Waals surface area (Å²) in [7, 11) is 1.27. The minimum Gasteiger partial charge on any atom is -0.506 e. The molecule has 3 aromatic rings. The Labute approximate surface area is 126 Å². The molecule has 0 radical (unpaired) electrons. The van der Waals surface area contributed by atoms with Crippen LogP contribution in [0.15, 0.2) is 54.6 Å². The van der Waals surface area contributed by atoms with Crippen LogP contribution in [-0.2, 0) is 9.53 Å². The number of benzene rings is 2. The van der Waals surface area contributed by atoms with Gasteiger partial charge in [-0.25, -0.2) is 9.78 Å². The quantitative estimate of drug-likeness (QED) is 0.442. The van der Waals surface area contributed by atoms with Gasteiger partial charge in [-0.2, -0.15) is 0 Å². The number of nitrogens with zero attached hydrogens (tertiary/aromatic N) is 1. The minimum atomic E-state index is -0.652. The molecule has 22 heavy (non-hydrogen) atoms. The van der Waals surface area contributed by atoms with E-state index in [0.29, 0.717) is 11.1 Å². The van der Waals surface area contributed by atoms with Crippen molar-refractivity contribution in [3.05, 3.63) is 66.0 Å². The van der Waals surface area contributed by atoms with Crippen LogP contribution in [0.5, 0.6) is 0 Å². The fourth-order valence-electron chi connectivity index (χ4n) is 2.22.